The van der Waals surface area contributed by atoms with Gasteiger partial charge in [0.25, 0.3) is 0 Å². The van der Waals surface area contributed by atoms with E-state index < -0.39 is 5.97 Å². The first kappa shape index (κ1) is 16.6. The van der Waals surface area contributed by atoms with Crippen LogP contribution in [-0.4, -0.2) is 12.6 Å². The Bertz CT molecular complexity index is 704. The molecule has 0 amide bonds. The van der Waals surface area contributed by atoms with Crippen LogP contribution in [0.2, 0.25) is 0 Å². The van der Waals surface area contributed by atoms with Crippen LogP contribution in [0.3, 0.4) is 0 Å². The van der Waals surface area contributed by atoms with Crippen molar-refractivity contribution in [1.82, 2.24) is 0 Å². The predicted octanol–water partition coefficient (Wildman–Crippen LogP) is 3.84. The maximum atomic E-state index is 11.8. The zero-order valence-electron chi connectivity index (χ0n) is 13.5. The molecule has 0 N–H and O–H groups in total. The molecule has 2 aromatic rings. The maximum Gasteiger partial charge on any atom is 0.349 e. The van der Waals surface area contributed by atoms with E-state index >= 15 is 0 Å². The highest BCUT2D eigenvalue weighted by atomic mass is 16.6. The Labute approximate surface area is 136 Å². The van der Waals surface area contributed by atoms with Gasteiger partial charge in [0.2, 0.25) is 0 Å². The predicted molar refractivity (Wildman–Crippen MR) is 87.4 cm³/mol. The summed E-state index contributed by atoms with van der Waals surface area (Å²) in [7, 11) is 0. The smallest absolute Gasteiger partial charge is 0.349 e. The normalized spacial score (nSPS) is 10.7. The van der Waals surface area contributed by atoms with Gasteiger partial charge >= 0.3 is 5.97 Å². The van der Waals surface area contributed by atoms with Gasteiger partial charge in [0.15, 0.2) is 6.61 Å². The molecule has 0 aromatic heterocycles. The Hall–Kier alpha value is -2.80. The van der Waals surface area contributed by atoms with Crippen molar-refractivity contribution in [2.45, 2.75) is 26.2 Å². The van der Waals surface area contributed by atoms with Gasteiger partial charge in [-0.2, -0.15) is 5.26 Å². The zero-order valence-corrected chi connectivity index (χ0v) is 13.5. The summed E-state index contributed by atoms with van der Waals surface area (Å²) in [5.41, 5.74) is 1.77. The van der Waals surface area contributed by atoms with Gasteiger partial charge in [-0.25, -0.2) is 4.79 Å². The number of nitriles is 1. The largest absolute Gasteiger partial charge is 0.482 e. The molecule has 0 aliphatic rings. The highest BCUT2D eigenvalue weighted by Crippen LogP contribution is 2.24. The van der Waals surface area contributed by atoms with E-state index in [-0.39, 0.29) is 12.0 Å². The number of carbonyl (C=O) groups excluding carboxylic acids is 1. The van der Waals surface area contributed by atoms with Crippen molar-refractivity contribution in [2.75, 3.05) is 6.61 Å². The highest BCUT2D eigenvalue weighted by molar-refractivity contribution is 5.74. The molecule has 0 fully saturated rings. The van der Waals surface area contributed by atoms with Gasteiger partial charge in [0, 0.05) is 0 Å². The fourth-order valence-electron chi connectivity index (χ4n) is 1.95. The molecule has 0 heterocycles. The Balaban J connectivity index is 1.88. The molecule has 4 nitrogen and oxygen atoms in total. The lowest BCUT2D eigenvalue weighted by Gasteiger charge is -2.19. The maximum absolute atomic E-state index is 11.8. The average molecular weight is 309 g/mol. The van der Waals surface area contributed by atoms with Gasteiger partial charge in [-0.3, -0.25) is 0 Å². The van der Waals surface area contributed by atoms with Crippen LogP contribution in [0.1, 0.15) is 31.9 Å². The average Bonchev–Trinajstić information content (AvgIpc) is 2.53. The van der Waals surface area contributed by atoms with E-state index in [1.807, 2.05) is 18.2 Å². The summed E-state index contributed by atoms with van der Waals surface area (Å²) >= 11 is 0. The molecule has 23 heavy (non-hydrogen) atoms. The second kappa shape index (κ2) is 6.97. The molecule has 0 spiro atoms. The van der Waals surface area contributed by atoms with Gasteiger partial charge in [0.05, 0.1) is 11.6 Å². The fraction of sp³-hybridized carbons (Fsp3) is 0.263. The van der Waals surface area contributed by atoms with Crippen LogP contribution in [0, 0.1) is 11.3 Å². The Kier molecular flexibility index (Phi) is 5.02. The van der Waals surface area contributed by atoms with Crippen molar-refractivity contribution in [2.24, 2.45) is 0 Å². The minimum atomic E-state index is -0.474. The topological polar surface area (TPSA) is 59.3 Å². The molecule has 0 saturated heterocycles. The van der Waals surface area contributed by atoms with Crippen molar-refractivity contribution >= 4 is 5.97 Å². The Morgan fingerprint density at radius 2 is 1.57 bits per heavy atom. The van der Waals surface area contributed by atoms with E-state index in [1.54, 1.807) is 36.4 Å². The number of benzene rings is 2. The van der Waals surface area contributed by atoms with Crippen LogP contribution in [0.5, 0.6) is 11.5 Å². The molecule has 0 bridgehead atoms. The quantitative estimate of drug-likeness (QED) is 0.636. The third kappa shape index (κ3) is 4.86. The first-order valence-electron chi connectivity index (χ1n) is 7.33. The van der Waals surface area contributed by atoms with Gasteiger partial charge in [-0.15, -0.1) is 0 Å². The van der Waals surface area contributed by atoms with E-state index in [0.29, 0.717) is 17.1 Å². The molecule has 0 aliphatic carbocycles. The minimum absolute atomic E-state index is 0.0568. The number of hydrogen-bond donors (Lipinski definition) is 0. The number of esters is 1. The molecule has 0 unspecified atom stereocenters. The Morgan fingerprint density at radius 1 is 1.00 bits per heavy atom. The summed E-state index contributed by atoms with van der Waals surface area (Å²) in [6.07, 6.45) is 0. The van der Waals surface area contributed by atoms with E-state index in [2.05, 4.69) is 20.8 Å². The summed E-state index contributed by atoms with van der Waals surface area (Å²) in [6, 6.07) is 16.0. The standard InChI is InChI=1S/C19H19NO3/c1-19(2,3)15-6-10-17(11-7-15)23-18(21)13-22-16-8-4-14(12-20)5-9-16/h4-11H,13H2,1-3H3. The minimum Gasteiger partial charge on any atom is -0.482 e. The summed E-state index contributed by atoms with van der Waals surface area (Å²) in [5, 5.41) is 8.72. The first-order chi connectivity index (χ1) is 10.9. The van der Waals surface area contributed by atoms with Gasteiger partial charge < -0.3 is 9.47 Å². The van der Waals surface area contributed by atoms with Gasteiger partial charge in [-0.05, 0) is 47.4 Å². The molecule has 2 rings (SSSR count). The van der Waals surface area contributed by atoms with Crippen LogP contribution >= 0.6 is 0 Å². The van der Waals surface area contributed by atoms with Crippen molar-refractivity contribution in [3.8, 4) is 17.6 Å². The molecule has 2 aromatic carbocycles. The Morgan fingerprint density at radius 3 is 2.09 bits per heavy atom. The SMILES string of the molecule is CC(C)(C)c1ccc(OC(=O)COc2ccc(C#N)cc2)cc1. The molecule has 0 radical (unpaired) electrons. The molecule has 0 aliphatic heterocycles. The van der Waals surface area contributed by atoms with Crippen LogP contribution in [0.4, 0.5) is 0 Å². The van der Waals surface area contributed by atoms with E-state index in [4.69, 9.17) is 14.7 Å². The molecule has 4 heteroatoms. The molecule has 118 valence electrons. The summed E-state index contributed by atoms with van der Waals surface area (Å²) in [6.45, 7) is 6.19. The first-order valence-corrected chi connectivity index (χ1v) is 7.33. The number of hydrogen-bond acceptors (Lipinski definition) is 4. The van der Waals surface area contributed by atoms with Crippen molar-refractivity contribution < 1.29 is 14.3 Å². The lowest BCUT2D eigenvalue weighted by molar-refractivity contribution is -0.136. The lowest BCUT2D eigenvalue weighted by Crippen LogP contribution is -2.18. The summed E-state index contributed by atoms with van der Waals surface area (Å²) in [4.78, 5) is 11.8. The fourth-order valence-corrected chi connectivity index (χ4v) is 1.95. The number of rotatable bonds is 4. The zero-order chi connectivity index (χ0) is 16.9. The third-order valence-electron chi connectivity index (χ3n) is 3.29. The van der Waals surface area contributed by atoms with Crippen LogP contribution in [-0.2, 0) is 10.2 Å². The van der Waals surface area contributed by atoms with E-state index in [9.17, 15) is 4.79 Å². The second-order valence-corrected chi connectivity index (χ2v) is 6.17. The van der Waals surface area contributed by atoms with Crippen molar-refractivity contribution in [3.63, 3.8) is 0 Å². The van der Waals surface area contributed by atoms with E-state index in [0.717, 1.165) is 0 Å². The molecular formula is C19H19NO3. The third-order valence-corrected chi connectivity index (χ3v) is 3.29. The second-order valence-electron chi connectivity index (χ2n) is 6.17. The summed E-state index contributed by atoms with van der Waals surface area (Å²) < 4.78 is 10.6. The molecule has 0 atom stereocenters. The molecule has 0 saturated carbocycles. The van der Waals surface area contributed by atoms with Gasteiger partial charge in [0.1, 0.15) is 11.5 Å². The number of carbonyl (C=O) groups is 1. The van der Waals surface area contributed by atoms with Crippen LogP contribution in [0.25, 0.3) is 0 Å². The number of ether oxygens (including phenoxy) is 2. The monoisotopic (exact) mass is 309 g/mol. The highest BCUT2D eigenvalue weighted by Gasteiger charge is 2.13. The van der Waals surface area contributed by atoms with Crippen molar-refractivity contribution in [1.29, 1.82) is 5.26 Å². The van der Waals surface area contributed by atoms with Gasteiger partial charge in [-0.1, -0.05) is 32.9 Å². The van der Waals surface area contributed by atoms with Crippen molar-refractivity contribution in [3.05, 3.63) is 59.7 Å². The summed E-state index contributed by atoms with van der Waals surface area (Å²) in [5.74, 6) is 0.535. The van der Waals surface area contributed by atoms with Crippen LogP contribution in [0.15, 0.2) is 48.5 Å². The lowest BCUT2D eigenvalue weighted by atomic mass is 9.87. The van der Waals surface area contributed by atoms with Crippen LogP contribution < -0.4 is 9.47 Å². The van der Waals surface area contributed by atoms with E-state index in [1.165, 1.54) is 5.56 Å². The number of nitrogens with zero attached hydrogens (tertiary/aromatic N) is 1. The molecular weight excluding hydrogens is 290 g/mol.